The average molecular weight is 527 g/mol. The summed E-state index contributed by atoms with van der Waals surface area (Å²) in [5.74, 6) is 0. The van der Waals surface area contributed by atoms with Gasteiger partial charge in [0, 0.05) is 61.4 Å². The van der Waals surface area contributed by atoms with Crippen LogP contribution in [0.2, 0.25) is 0 Å². The number of nitrogens with two attached hydrogens (primary N) is 1. The lowest BCUT2D eigenvalue weighted by Crippen LogP contribution is -2.37. The van der Waals surface area contributed by atoms with Crippen molar-refractivity contribution in [3.8, 4) is 0 Å². The molecule has 0 amide bonds. The number of ether oxygens (including phenoxy) is 1. The minimum Gasteiger partial charge on any atom is -0.379 e. The van der Waals surface area contributed by atoms with Crippen molar-refractivity contribution >= 4 is 21.8 Å². The van der Waals surface area contributed by atoms with Gasteiger partial charge >= 0.3 is 0 Å². The van der Waals surface area contributed by atoms with Crippen molar-refractivity contribution < 1.29 is 4.74 Å². The van der Waals surface area contributed by atoms with Gasteiger partial charge in [-0.3, -0.25) is 19.8 Å². The summed E-state index contributed by atoms with van der Waals surface area (Å²) in [4.78, 5) is 15.1. The van der Waals surface area contributed by atoms with Crippen molar-refractivity contribution in [3.05, 3.63) is 71.8 Å². The highest BCUT2D eigenvalue weighted by molar-refractivity contribution is 6.08. The van der Waals surface area contributed by atoms with Crippen LogP contribution in [0, 0.1) is 0 Å². The monoisotopic (exact) mass is 526 g/mol. The van der Waals surface area contributed by atoms with Gasteiger partial charge in [-0.2, -0.15) is 0 Å². The molecule has 1 aromatic carbocycles. The molecule has 3 aromatic heterocycles. The Labute approximate surface area is 232 Å². The van der Waals surface area contributed by atoms with Gasteiger partial charge in [-0.05, 0) is 75.4 Å². The van der Waals surface area contributed by atoms with Gasteiger partial charge in [0.25, 0.3) is 0 Å². The second-order valence-corrected chi connectivity index (χ2v) is 11.1. The third-order valence-corrected chi connectivity index (χ3v) is 8.57. The zero-order valence-electron chi connectivity index (χ0n) is 23.1. The number of nitrogens with zero attached hydrogens (tertiary/aromatic N) is 5. The minimum absolute atomic E-state index is 0.323. The molecule has 2 aliphatic rings. The van der Waals surface area contributed by atoms with E-state index in [-0.39, 0.29) is 0 Å². The highest BCUT2D eigenvalue weighted by atomic mass is 16.5. The van der Waals surface area contributed by atoms with Gasteiger partial charge < -0.3 is 15.0 Å². The van der Waals surface area contributed by atoms with Crippen molar-refractivity contribution in [1.29, 1.82) is 0 Å². The number of aromatic nitrogens is 3. The lowest BCUT2D eigenvalue weighted by molar-refractivity contribution is 0.0370. The largest absolute Gasteiger partial charge is 0.379 e. The van der Waals surface area contributed by atoms with E-state index < -0.39 is 0 Å². The van der Waals surface area contributed by atoms with Gasteiger partial charge in [0.05, 0.1) is 36.2 Å². The van der Waals surface area contributed by atoms with Crippen molar-refractivity contribution in [2.45, 2.75) is 57.7 Å². The Bertz CT molecular complexity index is 1380. The summed E-state index contributed by atoms with van der Waals surface area (Å²) >= 11 is 0. The highest BCUT2D eigenvalue weighted by Crippen LogP contribution is 2.36. The summed E-state index contributed by atoms with van der Waals surface area (Å²) in [5, 5.41) is 2.63. The number of fused-ring (bicyclic) bond motifs is 4. The van der Waals surface area contributed by atoms with Crippen LogP contribution in [0.25, 0.3) is 21.8 Å². The molecule has 4 aromatic rings. The molecule has 7 heteroatoms. The molecule has 206 valence electrons. The van der Waals surface area contributed by atoms with Gasteiger partial charge in [-0.25, -0.2) is 0 Å². The van der Waals surface area contributed by atoms with Crippen LogP contribution in [0.5, 0.6) is 0 Å². The SMILES string of the molecule is NCCCCN(Cc1nccc2c3ccccc3n(CCCN3CCOCC3)c12)[C@H]1CCCc2cccnc21. The van der Waals surface area contributed by atoms with Gasteiger partial charge in [0.15, 0.2) is 0 Å². The fourth-order valence-corrected chi connectivity index (χ4v) is 6.64. The molecule has 4 heterocycles. The zero-order valence-corrected chi connectivity index (χ0v) is 23.1. The van der Waals surface area contributed by atoms with E-state index in [2.05, 4.69) is 56.8 Å². The Morgan fingerprint density at radius 2 is 1.82 bits per heavy atom. The fourth-order valence-electron chi connectivity index (χ4n) is 6.64. The van der Waals surface area contributed by atoms with Gasteiger partial charge in [-0.1, -0.05) is 24.3 Å². The van der Waals surface area contributed by atoms with Crippen LogP contribution < -0.4 is 5.73 Å². The minimum atomic E-state index is 0.323. The third-order valence-electron chi connectivity index (χ3n) is 8.57. The Balaban J connectivity index is 1.34. The molecule has 1 saturated heterocycles. The summed E-state index contributed by atoms with van der Waals surface area (Å²) < 4.78 is 8.10. The normalized spacial score (nSPS) is 18.3. The van der Waals surface area contributed by atoms with E-state index in [1.165, 1.54) is 45.2 Å². The molecular weight excluding hydrogens is 484 g/mol. The molecule has 0 radical (unpaired) electrons. The first-order valence-electron chi connectivity index (χ1n) is 14.9. The van der Waals surface area contributed by atoms with E-state index in [1.807, 2.05) is 12.4 Å². The summed E-state index contributed by atoms with van der Waals surface area (Å²) in [6, 6.07) is 15.7. The number of pyridine rings is 2. The number of benzene rings is 1. The first kappa shape index (κ1) is 26.4. The number of unbranched alkanes of at least 4 members (excludes halogenated alkanes) is 1. The standard InChI is InChI=1S/C32H42N6O/c33-14-3-4-18-37(30-12-5-8-25-9-6-15-35-31(25)30)24-28-32-27(13-16-34-28)26-10-1-2-11-29(26)38(32)19-7-17-36-20-22-39-23-21-36/h1-2,6,9-11,13,15-16,30H,3-5,7-8,12,14,17-24,33H2/t30-/m0/s1. The maximum absolute atomic E-state index is 5.90. The molecule has 1 aliphatic carbocycles. The lowest BCUT2D eigenvalue weighted by atomic mass is 9.90. The number of hydrogen-bond acceptors (Lipinski definition) is 6. The Hall–Kier alpha value is -2.84. The van der Waals surface area contributed by atoms with Crippen LogP contribution in [-0.4, -0.2) is 70.3 Å². The maximum atomic E-state index is 5.90. The van der Waals surface area contributed by atoms with Crippen LogP contribution >= 0.6 is 0 Å². The van der Waals surface area contributed by atoms with E-state index in [0.29, 0.717) is 6.04 Å². The summed E-state index contributed by atoms with van der Waals surface area (Å²) in [6.45, 7) is 8.42. The topological polar surface area (TPSA) is 72.4 Å². The number of para-hydroxylation sites is 1. The third kappa shape index (κ3) is 5.73. The van der Waals surface area contributed by atoms with Gasteiger partial charge in [0.2, 0.25) is 0 Å². The molecule has 0 unspecified atom stereocenters. The molecule has 0 spiro atoms. The van der Waals surface area contributed by atoms with Crippen LogP contribution in [0.1, 0.15) is 55.1 Å². The summed E-state index contributed by atoms with van der Waals surface area (Å²) in [5.41, 5.74) is 12.3. The Morgan fingerprint density at radius 1 is 0.923 bits per heavy atom. The van der Waals surface area contributed by atoms with Gasteiger partial charge in [0.1, 0.15) is 0 Å². The van der Waals surface area contributed by atoms with Crippen molar-refractivity contribution in [2.24, 2.45) is 5.73 Å². The molecule has 7 nitrogen and oxygen atoms in total. The van der Waals surface area contributed by atoms with Crippen LogP contribution in [0.4, 0.5) is 0 Å². The van der Waals surface area contributed by atoms with E-state index in [0.717, 1.165) is 91.1 Å². The number of aryl methyl sites for hydroxylation is 2. The summed E-state index contributed by atoms with van der Waals surface area (Å²) in [7, 11) is 0. The van der Waals surface area contributed by atoms with E-state index in [1.54, 1.807) is 0 Å². The van der Waals surface area contributed by atoms with E-state index in [4.69, 9.17) is 20.4 Å². The number of hydrogen-bond donors (Lipinski definition) is 1. The second kappa shape index (κ2) is 12.6. The van der Waals surface area contributed by atoms with Crippen LogP contribution in [0.3, 0.4) is 0 Å². The average Bonchev–Trinajstić information content (AvgIpc) is 3.31. The molecule has 1 atom stereocenters. The molecule has 0 bridgehead atoms. The maximum Gasteiger partial charge on any atom is 0.0786 e. The molecule has 0 saturated carbocycles. The Kier molecular flexibility index (Phi) is 8.50. The molecule has 6 rings (SSSR count). The predicted molar refractivity (Wildman–Crippen MR) is 158 cm³/mol. The van der Waals surface area contributed by atoms with Crippen molar-refractivity contribution in [2.75, 3.05) is 45.9 Å². The van der Waals surface area contributed by atoms with Crippen molar-refractivity contribution in [1.82, 2.24) is 24.3 Å². The van der Waals surface area contributed by atoms with Crippen LogP contribution in [-0.2, 0) is 24.2 Å². The molecular formula is C32H42N6O. The fraction of sp³-hybridized carbons (Fsp3) is 0.500. The molecule has 1 aliphatic heterocycles. The summed E-state index contributed by atoms with van der Waals surface area (Å²) in [6.07, 6.45) is 10.7. The van der Waals surface area contributed by atoms with E-state index >= 15 is 0 Å². The highest BCUT2D eigenvalue weighted by Gasteiger charge is 2.28. The second-order valence-electron chi connectivity index (χ2n) is 11.1. The number of rotatable bonds is 11. The molecule has 2 N–H and O–H groups in total. The smallest absolute Gasteiger partial charge is 0.0786 e. The molecule has 39 heavy (non-hydrogen) atoms. The first-order valence-corrected chi connectivity index (χ1v) is 14.9. The predicted octanol–water partition coefficient (Wildman–Crippen LogP) is 4.93. The number of morpholine rings is 1. The zero-order chi connectivity index (χ0) is 26.4. The Morgan fingerprint density at radius 3 is 2.72 bits per heavy atom. The first-order chi connectivity index (χ1) is 19.3. The lowest BCUT2D eigenvalue weighted by Gasteiger charge is -2.35. The van der Waals surface area contributed by atoms with E-state index in [9.17, 15) is 0 Å². The molecule has 1 fully saturated rings. The van der Waals surface area contributed by atoms with Gasteiger partial charge in [-0.15, -0.1) is 0 Å². The van der Waals surface area contributed by atoms with Crippen LogP contribution in [0.15, 0.2) is 54.9 Å². The van der Waals surface area contributed by atoms with Crippen molar-refractivity contribution in [3.63, 3.8) is 0 Å². The quantitative estimate of drug-likeness (QED) is 0.280.